The molecule has 0 spiro atoms. The van der Waals surface area contributed by atoms with E-state index in [1.165, 1.54) is 16.7 Å². The van der Waals surface area contributed by atoms with Crippen LogP contribution in [0.1, 0.15) is 28.3 Å². The second-order valence-electron chi connectivity index (χ2n) is 5.20. The molecule has 0 saturated heterocycles. The molecule has 1 unspecified atom stereocenters. The Balaban J connectivity index is 2.21. The largest absolute Gasteiger partial charge is 0.320 e. The number of rotatable bonds is 2. The Morgan fingerprint density at radius 3 is 2.35 bits per heavy atom. The van der Waals surface area contributed by atoms with Gasteiger partial charge in [0.25, 0.3) is 0 Å². The number of nitrogens with zero attached hydrogens (tertiary/aromatic N) is 1. The van der Waals surface area contributed by atoms with Crippen LogP contribution in [0.5, 0.6) is 0 Å². The number of pyridine rings is 1. The van der Waals surface area contributed by atoms with Crippen molar-refractivity contribution in [3.63, 3.8) is 0 Å². The van der Waals surface area contributed by atoms with Crippen LogP contribution in [0, 0.1) is 13.8 Å². The number of aromatic nitrogens is 1. The van der Waals surface area contributed by atoms with E-state index in [-0.39, 0.29) is 6.04 Å². The highest BCUT2D eigenvalue weighted by Crippen LogP contribution is 2.29. The highest BCUT2D eigenvalue weighted by Gasteiger charge is 2.16. The molecular weight excluding hydrogens is 244 g/mol. The molecule has 0 aliphatic heterocycles. The highest BCUT2D eigenvalue weighted by molar-refractivity contribution is 5.83. The van der Waals surface area contributed by atoms with E-state index < -0.39 is 0 Å². The first-order chi connectivity index (χ1) is 9.68. The summed E-state index contributed by atoms with van der Waals surface area (Å²) in [5, 5.41) is 1.13. The lowest BCUT2D eigenvalue weighted by atomic mass is 9.90. The van der Waals surface area contributed by atoms with Crippen molar-refractivity contribution in [3.05, 3.63) is 77.0 Å². The standard InChI is InChI=1S/C18H18N2/c1-12-6-3-7-13(2)17(12)18(19)15-8-4-10-16-14(15)9-5-11-20-16/h3-11,18H,19H2,1-2H3. The summed E-state index contributed by atoms with van der Waals surface area (Å²) in [6, 6.07) is 16.4. The van der Waals surface area contributed by atoms with Crippen LogP contribution in [0.4, 0.5) is 0 Å². The molecule has 1 aromatic heterocycles. The van der Waals surface area contributed by atoms with Gasteiger partial charge in [0.1, 0.15) is 0 Å². The van der Waals surface area contributed by atoms with Crippen LogP contribution in [0.3, 0.4) is 0 Å². The van der Waals surface area contributed by atoms with E-state index in [1.807, 2.05) is 24.4 Å². The summed E-state index contributed by atoms with van der Waals surface area (Å²) in [4.78, 5) is 4.41. The third-order valence-electron chi connectivity index (χ3n) is 3.87. The first-order valence-corrected chi connectivity index (χ1v) is 6.84. The molecular formula is C18H18N2. The van der Waals surface area contributed by atoms with Gasteiger partial charge in [0.05, 0.1) is 11.6 Å². The van der Waals surface area contributed by atoms with E-state index in [0.29, 0.717) is 0 Å². The van der Waals surface area contributed by atoms with Crippen LogP contribution >= 0.6 is 0 Å². The zero-order chi connectivity index (χ0) is 14.1. The van der Waals surface area contributed by atoms with Crippen molar-refractivity contribution in [2.45, 2.75) is 19.9 Å². The summed E-state index contributed by atoms with van der Waals surface area (Å²) in [6.45, 7) is 4.23. The number of hydrogen-bond donors (Lipinski definition) is 1. The minimum absolute atomic E-state index is 0.121. The van der Waals surface area contributed by atoms with Gasteiger partial charge in [-0.05, 0) is 48.2 Å². The predicted molar refractivity (Wildman–Crippen MR) is 83.7 cm³/mol. The summed E-state index contributed by atoms with van der Waals surface area (Å²) in [5.41, 5.74) is 12.4. The van der Waals surface area contributed by atoms with Crippen LogP contribution < -0.4 is 5.73 Å². The zero-order valence-corrected chi connectivity index (χ0v) is 11.8. The molecule has 3 rings (SSSR count). The Bertz CT molecular complexity index is 737. The van der Waals surface area contributed by atoms with Crippen molar-refractivity contribution < 1.29 is 0 Å². The number of fused-ring (bicyclic) bond motifs is 1. The maximum absolute atomic E-state index is 6.56. The van der Waals surface area contributed by atoms with Crippen molar-refractivity contribution in [1.82, 2.24) is 4.98 Å². The normalized spacial score (nSPS) is 12.6. The Morgan fingerprint density at radius 2 is 1.60 bits per heavy atom. The molecule has 20 heavy (non-hydrogen) atoms. The fourth-order valence-electron chi connectivity index (χ4n) is 2.87. The molecule has 0 fully saturated rings. The number of nitrogens with two attached hydrogens (primary N) is 1. The van der Waals surface area contributed by atoms with Crippen molar-refractivity contribution >= 4 is 10.9 Å². The molecule has 2 nitrogen and oxygen atoms in total. The molecule has 0 aliphatic rings. The molecule has 0 amide bonds. The number of benzene rings is 2. The summed E-state index contributed by atoms with van der Waals surface area (Å²) >= 11 is 0. The first-order valence-electron chi connectivity index (χ1n) is 6.84. The van der Waals surface area contributed by atoms with E-state index in [0.717, 1.165) is 16.5 Å². The van der Waals surface area contributed by atoms with Crippen LogP contribution in [-0.4, -0.2) is 4.98 Å². The molecule has 1 atom stereocenters. The summed E-state index contributed by atoms with van der Waals surface area (Å²) < 4.78 is 0. The van der Waals surface area contributed by atoms with E-state index in [9.17, 15) is 0 Å². The minimum Gasteiger partial charge on any atom is -0.320 e. The van der Waals surface area contributed by atoms with Gasteiger partial charge in [-0.3, -0.25) is 4.98 Å². The van der Waals surface area contributed by atoms with Gasteiger partial charge in [0, 0.05) is 11.6 Å². The second-order valence-corrected chi connectivity index (χ2v) is 5.20. The minimum atomic E-state index is -0.121. The maximum Gasteiger partial charge on any atom is 0.0705 e. The van der Waals surface area contributed by atoms with E-state index in [4.69, 9.17) is 5.73 Å². The molecule has 0 radical (unpaired) electrons. The van der Waals surface area contributed by atoms with Gasteiger partial charge in [0.15, 0.2) is 0 Å². The molecule has 100 valence electrons. The highest BCUT2D eigenvalue weighted by atomic mass is 14.7. The van der Waals surface area contributed by atoms with Gasteiger partial charge >= 0.3 is 0 Å². The van der Waals surface area contributed by atoms with Crippen LogP contribution in [0.25, 0.3) is 10.9 Å². The van der Waals surface area contributed by atoms with Gasteiger partial charge in [0.2, 0.25) is 0 Å². The van der Waals surface area contributed by atoms with E-state index >= 15 is 0 Å². The Labute approximate surface area is 119 Å². The monoisotopic (exact) mass is 262 g/mol. The molecule has 1 heterocycles. The summed E-state index contributed by atoms with van der Waals surface area (Å²) in [5.74, 6) is 0. The van der Waals surface area contributed by atoms with Crippen LogP contribution in [0.2, 0.25) is 0 Å². The Morgan fingerprint density at radius 1 is 0.900 bits per heavy atom. The lowest BCUT2D eigenvalue weighted by Gasteiger charge is -2.19. The third kappa shape index (κ3) is 2.08. The molecule has 2 aromatic carbocycles. The van der Waals surface area contributed by atoms with Crippen molar-refractivity contribution in [1.29, 1.82) is 0 Å². The van der Waals surface area contributed by atoms with Crippen molar-refractivity contribution in [2.24, 2.45) is 5.73 Å². The van der Waals surface area contributed by atoms with Crippen molar-refractivity contribution in [2.75, 3.05) is 0 Å². The van der Waals surface area contributed by atoms with Gasteiger partial charge in [-0.15, -0.1) is 0 Å². The third-order valence-corrected chi connectivity index (χ3v) is 3.87. The average Bonchev–Trinajstić information content (AvgIpc) is 2.46. The lowest BCUT2D eigenvalue weighted by molar-refractivity contribution is 0.859. The molecule has 3 aromatic rings. The van der Waals surface area contributed by atoms with E-state index in [1.54, 1.807) is 0 Å². The molecule has 0 bridgehead atoms. The van der Waals surface area contributed by atoms with Gasteiger partial charge < -0.3 is 5.73 Å². The van der Waals surface area contributed by atoms with Gasteiger partial charge in [-0.25, -0.2) is 0 Å². The Hall–Kier alpha value is -2.19. The fraction of sp³-hybridized carbons (Fsp3) is 0.167. The fourth-order valence-corrected chi connectivity index (χ4v) is 2.87. The van der Waals surface area contributed by atoms with Crippen LogP contribution in [0.15, 0.2) is 54.7 Å². The summed E-state index contributed by atoms with van der Waals surface area (Å²) in [7, 11) is 0. The number of hydrogen-bond acceptors (Lipinski definition) is 2. The van der Waals surface area contributed by atoms with Crippen LogP contribution in [-0.2, 0) is 0 Å². The number of aryl methyl sites for hydroxylation is 2. The SMILES string of the molecule is Cc1cccc(C)c1C(N)c1cccc2ncccc12. The smallest absolute Gasteiger partial charge is 0.0705 e. The maximum atomic E-state index is 6.56. The molecule has 0 aliphatic carbocycles. The second kappa shape index (κ2) is 5.06. The van der Waals surface area contributed by atoms with Gasteiger partial charge in [-0.2, -0.15) is 0 Å². The predicted octanol–water partition coefficient (Wildman–Crippen LogP) is 3.90. The van der Waals surface area contributed by atoms with Gasteiger partial charge in [-0.1, -0.05) is 36.4 Å². The molecule has 2 N–H and O–H groups in total. The summed E-state index contributed by atoms with van der Waals surface area (Å²) in [6.07, 6.45) is 1.82. The Kier molecular flexibility index (Phi) is 3.25. The zero-order valence-electron chi connectivity index (χ0n) is 11.8. The molecule has 2 heteroatoms. The van der Waals surface area contributed by atoms with E-state index in [2.05, 4.69) is 49.2 Å². The van der Waals surface area contributed by atoms with Crippen molar-refractivity contribution in [3.8, 4) is 0 Å². The first kappa shape index (κ1) is 12.8. The average molecular weight is 262 g/mol. The lowest BCUT2D eigenvalue weighted by Crippen LogP contribution is -2.15. The molecule has 0 saturated carbocycles. The quantitative estimate of drug-likeness (QED) is 0.760. The topological polar surface area (TPSA) is 38.9 Å².